The fourth-order valence-corrected chi connectivity index (χ4v) is 1.31. The van der Waals surface area contributed by atoms with Crippen LogP contribution in [0.5, 0.6) is 0 Å². The highest BCUT2D eigenvalue weighted by atomic mass is 16.4. The van der Waals surface area contributed by atoms with E-state index < -0.39 is 17.4 Å². The van der Waals surface area contributed by atoms with E-state index in [1.807, 2.05) is 0 Å². The number of hydrogen-bond acceptors (Lipinski definition) is 4. The predicted molar refractivity (Wildman–Crippen MR) is 62.8 cm³/mol. The van der Waals surface area contributed by atoms with Crippen molar-refractivity contribution in [3.8, 4) is 0 Å². The highest BCUT2D eigenvalue weighted by molar-refractivity contribution is 5.99. The van der Waals surface area contributed by atoms with E-state index in [9.17, 15) is 9.59 Å². The minimum Gasteiger partial charge on any atom is -0.480 e. The third-order valence-corrected chi connectivity index (χ3v) is 2.37. The number of nitrogens with two attached hydrogens (primary N) is 1. The molecule has 17 heavy (non-hydrogen) atoms. The Balaban J connectivity index is 3.20. The number of aryl methyl sites for hydroxylation is 1. The molecule has 1 amide bonds. The number of primary amides is 1. The SMILES string of the molecule is Cc1ccnc(NC(C)(C)C(=O)O)c1C(N)=O. The number of aromatic nitrogens is 1. The number of anilines is 1. The van der Waals surface area contributed by atoms with E-state index in [2.05, 4.69) is 10.3 Å². The molecule has 1 aromatic rings. The van der Waals surface area contributed by atoms with E-state index in [0.29, 0.717) is 5.56 Å². The third-order valence-electron chi connectivity index (χ3n) is 2.37. The number of nitrogens with zero attached hydrogens (tertiary/aromatic N) is 1. The number of hydrogen-bond donors (Lipinski definition) is 3. The summed E-state index contributed by atoms with van der Waals surface area (Å²) in [6, 6.07) is 1.64. The molecule has 0 saturated heterocycles. The zero-order chi connectivity index (χ0) is 13.2. The summed E-state index contributed by atoms with van der Waals surface area (Å²) in [6.45, 7) is 4.66. The summed E-state index contributed by atoms with van der Waals surface area (Å²) in [4.78, 5) is 26.2. The molecule has 0 atom stereocenters. The molecule has 0 unspecified atom stereocenters. The number of carbonyl (C=O) groups is 2. The average molecular weight is 237 g/mol. The van der Waals surface area contributed by atoms with Gasteiger partial charge in [-0.25, -0.2) is 9.78 Å². The Morgan fingerprint density at radius 2 is 2.06 bits per heavy atom. The lowest BCUT2D eigenvalue weighted by molar-refractivity contribution is -0.141. The Bertz CT molecular complexity index is 469. The standard InChI is InChI=1S/C11H15N3O3/c1-6-4-5-13-9(7(6)8(12)15)14-11(2,3)10(16)17/h4-5H,1-3H3,(H2,12,15)(H,13,14)(H,16,17). The number of carbonyl (C=O) groups excluding carboxylic acids is 1. The van der Waals surface area contributed by atoms with Crippen molar-refractivity contribution in [2.24, 2.45) is 5.73 Å². The number of nitrogens with one attached hydrogen (secondary N) is 1. The van der Waals surface area contributed by atoms with Crippen LogP contribution in [0.4, 0.5) is 5.82 Å². The molecule has 0 fully saturated rings. The van der Waals surface area contributed by atoms with Crippen LogP contribution in [0.1, 0.15) is 29.8 Å². The molecule has 4 N–H and O–H groups in total. The van der Waals surface area contributed by atoms with Crippen LogP contribution in [0.25, 0.3) is 0 Å². The Morgan fingerprint density at radius 3 is 2.53 bits per heavy atom. The first-order valence-corrected chi connectivity index (χ1v) is 5.02. The predicted octanol–water partition coefficient (Wildman–Crippen LogP) is 0.764. The number of amides is 1. The number of aliphatic carboxylic acids is 1. The third kappa shape index (κ3) is 2.72. The van der Waals surface area contributed by atoms with Gasteiger partial charge in [-0.15, -0.1) is 0 Å². The van der Waals surface area contributed by atoms with Crippen molar-refractivity contribution in [2.75, 3.05) is 5.32 Å². The number of carboxylic acid groups (broad SMARTS) is 1. The van der Waals surface area contributed by atoms with Crippen molar-refractivity contribution in [1.82, 2.24) is 4.98 Å². The van der Waals surface area contributed by atoms with Gasteiger partial charge in [-0.3, -0.25) is 4.79 Å². The van der Waals surface area contributed by atoms with Crippen molar-refractivity contribution in [1.29, 1.82) is 0 Å². The highest BCUT2D eigenvalue weighted by Crippen LogP contribution is 2.20. The Kier molecular flexibility index (Phi) is 3.36. The zero-order valence-corrected chi connectivity index (χ0v) is 9.94. The second-order valence-corrected chi connectivity index (χ2v) is 4.27. The van der Waals surface area contributed by atoms with Crippen LogP contribution >= 0.6 is 0 Å². The topological polar surface area (TPSA) is 105 Å². The summed E-state index contributed by atoms with van der Waals surface area (Å²) in [5, 5.41) is 11.7. The van der Waals surface area contributed by atoms with Crippen molar-refractivity contribution >= 4 is 17.7 Å². The van der Waals surface area contributed by atoms with E-state index in [-0.39, 0.29) is 11.4 Å². The maximum Gasteiger partial charge on any atom is 0.328 e. The van der Waals surface area contributed by atoms with Gasteiger partial charge in [0.1, 0.15) is 11.4 Å². The summed E-state index contributed by atoms with van der Waals surface area (Å²) in [5.41, 5.74) is 4.87. The van der Waals surface area contributed by atoms with Gasteiger partial charge in [0.2, 0.25) is 0 Å². The first-order valence-electron chi connectivity index (χ1n) is 5.02. The summed E-state index contributed by atoms with van der Waals surface area (Å²) >= 11 is 0. The monoisotopic (exact) mass is 237 g/mol. The molecule has 92 valence electrons. The van der Waals surface area contributed by atoms with Gasteiger partial charge >= 0.3 is 5.97 Å². The van der Waals surface area contributed by atoms with Crippen LogP contribution in [0.2, 0.25) is 0 Å². The molecule has 0 radical (unpaired) electrons. The summed E-state index contributed by atoms with van der Waals surface area (Å²) in [6.07, 6.45) is 1.49. The van der Waals surface area contributed by atoms with Crippen LogP contribution in [-0.4, -0.2) is 27.5 Å². The molecule has 0 aliphatic heterocycles. The summed E-state index contributed by atoms with van der Waals surface area (Å²) < 4.78 is 0. The van der Waals surface area contributed by atoms with Crippen LogP contribution in [-0.2, 0) is 4.79 Å². The molecular formula is C11H15N3O3. The largest absolute Gasteiger partial charge is 0.480 e. The van der Waals surface area contributed by atoms with E-state index in [0.717, 1.165) is 0 Å². The fourth-order valence-electron chi connectivity index (χ4n) is 1.31. The van der Waals surface area contributed by atoms with Crippen molar-refractivity contribution in [2.45, 2.75) is 26.3 Å². The molecule has 1 heterocycles. The van der Waals surface area contributed by atoms with Gasteiger partial charge in [0.15, 0.2) is 0 Å². The maximum atomic E-state index is 11.3. The molecular weight excluding hydrogens is 222 g/mol. The molecule has 0 aromatic carbocycles. The smallest absolute Gasteiger partial charge is 0.328 e. The number of carboxylic acids is 1. The van der Waals surface area contributed by atoms with E-state index in [4.69, 9.17) is 10.8 Å². The van der Waals surface area contributed by atoms with Gasteiger partial charge in [-0.2, -0.15) is 0 Å². The minimum absolute atomic E-state index is 0.185. The van der Waals surface area contributed by atoms with Crippen LogP contribution in [0, 0.1) is 6.92 Å². The first kappa shape index (κ1) is 13.0. The van der Waals surface area contributed by atoms with Gasteiger partial charge in [0.25, 0.3) is 5.91 Å². The van der Waals surface area contributed by atoms with Crippen LogP contribution in [0.15, 0.2) is 12.3 Å². The quantitative estimate of drug-likeness (QED) is 0.717. The molecule has 0 aliphatic carbocycles. The highest BCUT2D eigenvalue weighted by Gasteiger charge is 2.29. The second kappa shape index (κ2) is 4.40. The fraction of sp³-hybridized carbons (Fsp3) is 0.364. The van der Waals surface area contributed by atoms with Crippen LogP contribution < -0.4 is 11.1 Å². The number of rotatable bonds is 4. The zero-order valence-electron chi connectivity index (χ0n) is 9.94. The number of pyridine rings is 1. The molecule has 6 nitrogen and oxygen atoms in total. The van der Waals surface area contributed by atoms with E-state index >= 15 is 0 Å². The Labute approximate surface area is 98.8 Å². The lowest BCUT2D eigenvalue weighted by Gasteiger charge is -2.23. The lowest BCUT2D eigenvalue weighted by Crippen LogP contribution is -2.41. The normalized spacial score (nSPS) is 11.0. The van der Waals surface area contributed by atoms with Crippen LogP contribution in [0.3, 0.4) is 0 Å². The lowest BCUT2D eigenvalue weighted by atomic mass is 10.0. The van der Waals surface area contributed by atoms with Gasteiger partial charge in [-0.05, 0) is 32.4 Å². The summed E-state index contributed by atoms with van der Waals surface area (Å²) in [7, 11) is 0. The average Bonchev–Trinajstić information content (AvgIpc) is 2.15. The van der Waals surface area contributed by atoms with Gasteiger partial charge in [0, 0.05) is 6.20 Å². The molecule has 1 rings (SSSR count). The molecule has 6 heteroatoms. The Hall–Kier alpha value is -2.11. The molecule has 0 bridgehead atoms. The van der Waals surface area contributed by atoms with Crippen molar-refractivity contribution in [3.63, 3.8) is 0 Å². The van der Waals surface area contributed by atoms with Crippen molar-refractivity contribution in [3.05, 3.63) is 23.4 Å². The van der Waals surface area contributed by atoms with Gasteiger partial charge < -0.3 is 16.2 Å². The van der Waals surface area contributed by atoms with Gasteiger partial charge in [0.05, 0.1) is 5.56 Å². The maximum absolute atomic E-state index is 11.3. The summed E-state index contributed by atoms with van der Waals surface area (Å²) in [5.74, 6) is -1.50. The molecule has 0 spiro atoms. The van der Waals surface area contributed by atoms with Crippen molar-refractivity contribution < 1.29 is 14.7 Å². The second-order valence-electron chi connectivity index (χ2n) is 4.27. The molecule has 0 saturated carbocycles. The minimum atomic E-state index is -1.23. The Morgan fingerprint density at radius 1 is 1.47 bits per heavy atom. The molecule has 0 aliphatic rings. The first-order chi connectivity index (χ1) is 7.75. The van der Waals surface area contributed by atoms with E-state index in [1.54, 1.807) is 13.0 Å². The molecule has 1 aromatic heterocycles. The van der Waals surface area contributed by atoms with Gasteiger partial charge in [-0.1, -0.05) is 0 Å². The van der Waals surface area contributed by atoms with E-state index in [1.165, 1.54) is 20.0 Å².